The molecule has 0 atom stereocenters. The van der Waals surface area contributed by atoms with Gasteiger partial charge in [0.2, 0.25) is 23.1 Å². The number of amides is 3. The van der Waals surface area contributed by atoms with Crippen molar-refractivity contribution in [1.29, 1.82) is 0 Å². The number of nitrogens with one attached hydrogen (secondary N) is 3. The summed E-state index contributed by atoms with van der Waals surface area (Å²) in [6.45, 7) is 32.9. The Balaban J connectivity index is 0.000000239. The number of nitrogens with two attached hydrogens (primary N) is 1. The first-order valence-corrected chi connectivity index (χ1v) is 38.2. The molecule has 4 aromatic heterocycles. The number of carbonyl (C=O) groups excluding carboxylic acids is 10. The number of hydrogen-bond donors (Lipinski definition) is 4. The van der Waals surface area contributed by atoms with Crippen LogP contribution in [0.5, 0.6) is 0 Å². The molecule has 6 aliphatic rings. The molecule has 0 radical (unpaired) electrons. The fourth-order valence-electron chi connectivity index (χ4n) is 11.5. The van der Waals surface area contributed by atoms with E-state index in [1.807, 2.05) is 83.1 Å². The van der Waals surface area contributed by atoms with Crippen molar-refractivity contribution in [1.82, 2.24) is 55.8 Å². The van der Waals surface area contributed by atoms with Crippen LogP contribution in [0.2, 0.25) is 5.28 Å². The molecule has 33 heteroatoms. The number of hydrogen-bond acceptors (Lipinski definition) is 30. The summed E-state index contributed by atoms with van der Waals surface area (Å²) in [5.74, 6) is 2.91. The van der Waals surface area contributed by atoms with Crippen LogP contribution in [-0.2, 0) is 47.7 Å². The van der Waals surface area contributed by atoms with E-state index >= 15 is 0 Å². The van der Waals surface area contributed by atoms with Crippen LogP contribution in [0.3, 0.4) is 0 Å². The van der Waals surface area contributed by atoms with Crippen LogP contribution in [-0.4, -0.2) is 200 Å². The number of Topliss-reactive ketones (excluding diaryl/α,β-unsaturated/α-hetero) is 1. The predicted molar refractivity (Wildman–Crippen MR) is 410 cm³/mol. The minimum absolute atomic E-state index is 0.0185. The van der Waals surface area contributed by atoms with Crippen LogP contribution in [0.25, 0.3) is 6.08 Å². The maximum atomic E-state index is 11.9. The third-order valence-corrected chi connectivity index (χ3v) is 18.6. The number of aldehydes is 1. The van der Waals surface area contributed by atoms with Crippen LogP contribution in [0.4, 0.5) is 27.4 Å². The van der Waals surface area contributed by atoms with Gasteiger partial charge in [-0.25, -0.2) is 54.3 Å². The van der Waals surface area contributed by atoms with Crippen molar-refractivity contribution in [3.63, 3.8) is 0 Å². The fourth-order valence-corrected chi connectivity index (χ4v) is 13.0. The van der Waals surface area contributed by atoms with Gasteiger partial charge >= 0.3 is 30.0 Å². The Labute approximate surface area is 641 Å². The van der Waals surface area contributed by atoms with Gasteiger partial charge in [0.15, 0.2) is 28.6 Å². The molecule has 6 aliphatic heterocycles. The zero-order valence-corrected chi connectivity index (χ0v) is 66.9. The minimum Gasteiger partial charge on any atom is -0.464 e. The van der Waals surface area contributed by atoms with E-state index in [4.69, 9.17) is 36.3 Å². The second-order valence-electron chi connectivity index (χ2n) is 29.5. The highest BCUT2D eigenvalue weighted by Gasteiger charge is 2.29. The van der Waals surface area contributed by atoms with Crippen LogP contribution in [0, 0.1) is 51.4 Å². The van der Waals surface area contributed by atoms with Crippen molar-refractivity contribution in [2.24, 2.45) is 29.4 Å². The lowest BCUT2D eigenvalue weighted by Gasteiger charge is -2.32. The van der Waals surface area contributed by atoms with Gasteiger partial charge in [0, 0.05) is 81.4 Å². The smallest absolute Gasteiger partial charge is 0.407 e. The van der Waals surface area contributed by atoms with Crippen molar-refractivity contribution in [2.75, 3.05) is 100 Å². The number of piperidine rings is 4. The Morgan fingerprint density at radius 2 is 1.01 bits per heavy atom. The number of thioether (sulfide) groups is 2. The number of esters is 4. The van der Waals surface area contributed by atoms with Gasteiger partial charge in [-0.3, -0.25) is 38.9 Å². The Bertz CT molecular complexity index is 3670. The predicted octanol–water partition coefficient (Wildman–Crippen LogP) is 10.1. The van der Waals surface area contributed by atoms with E-state index < -0.39 is 28.7 Å². The molecule has 5 N–H and O–H groups in total. The van der Waals surface area contributed by atoms with Gasteiger partial charge in [-0.15, -0.1) is 0 Å². The van der Waals surface area contributed by atoms with Crippen LogP contribution < -0.4 is 36.4 Å². The molecule has 6 saturated heterocycles. The zero-order chi connectivity index (χ0) is 79.2. The van der Waals surface area contributed by atoms with E-state index in [0.29, 0.717) is 82.1 Å². The summed E-state index contributed by atoms with van der Waals surface area (Å²) in [6, 6.07) is 6.63. The summed E-state index contributed by atoms with van der Waals surface area (Å²) in [4.78, 5) is 153. The molecule has 588 valence electrons. The standard InChI is InChI=1S/C19H29N3O4.C18H27N3O3.C15H19N5O2S.C11H22N2O2.C7H7ClN2O2.C4H4O2S/c1-13-12-15(17(24)25-5)21-18(20-13)22-10-8-14(9-11-22)6-7-16(23)26-19(2,3)4;1-13-11-15(12-22)20-17(19-13)21-9-7-14(8-10-21)5-6-16(23)24-18(2,3)4;1-9-6-11(7-12-13(21)19-15(22)23-12)18-14(17-9)20-4-2-10(8-16)3-5-20;1-11(2,3)15-10(14)13-8-9-4-6-12-7-5-9;1-4-3-5(6(11)12-2)10-7(8)9-4;5-3-1-4(6)7-2-3/h12,14H,6-11H2,1-5H3;11-12,14H,5-10H2,1-4H3;6-7,10H,2-5,8,16H2,1H3,(H,19,21,22);9,12H,4-8H2,1-3H3,(H,13,14);3H,1-2H3;1-2H2/b;;12-7-;;;. The van der Waals surface area contributed by atoms with Crippen molar-refractivity contribution < 1.29 is 71.6 Å². The van der Waals surface area contributed by atoms with Gasteiger partial charge < -0.3 is 54.8 Å². The summed E-state index contributed by atoms with van der Waals surface area (Å²) in [6.07, 6.45) is 13.1. The highest BCUT2D eigenvalue weighted by atomic mass is 35.5. The quantitative estimate of drug-likeness (QED) is 0.0202. The lowest BCUT2D eigenvalue weighted by Crippen LogP contribution is -2.38. The first kappa shape index (κ1) is 89.3. The normalized spacial score (nSPS) is 17.0. The van der Waals surface area contributed by atoms with E-state index in [0.717, 1.165) is 177 Å². The third kappa shape index (κ3) is 34.6. The van der Waals surface area contributed by atoms with Crippen molar-refractivity contribution in [3.8, 4) is 0 Å². The molecule has 0 bridgehead atoms. The number of nitrogens with zero attached hydrogens (tertiary/aromatic N) is 11. The van der Waals surface area contributed by atoms with Gasteiger partial charge in [-0.2, -0.15) is 0 Å². The summed E-state index contributed by atoms with van der Waals surface area (Å²) in [5.41, 5.74) is 8.99. The summed E-state index contributed by atoms with van der Waals surface area (Å²) >= 11 is 7.53. The molecule has 4 aromatic rings. The lowest BCUT2D eigenvalue weighted by molar-refractivity contribution is -0.156. The van der Waals surface area contributed by atoms with E-state index in [9.17, 15) is 47.9 Å². The van der Waals surface area contributed by atoms with Crippen LogP contribution in [0.15, 0.2) is 29.2 Å². The van der Waals surface area contributed by atoms with E-state index in [-0.39, 0.29) is 63.2 Å². The molecule has 107 heavy (non-hydrogen) atoms. The highest BCUT2D eigenvalue weighted by Crippen LogP contribution is 2.30. The molecule has 0 aliphatic carbocycles. The summed E-state index contributed by atoms with van der Waals surface area (Å²) in [7, 11) is 2.63. The first-order chi connectivity index (χ1) is 50.4. The van der Waals surface area contributed by atoms with Crippen LogP contribution in [0.1, 0.15) is 206 Å². The lowest BCUT2D eigenvalue weighted by atomic mass is 9.92. The number of alkyl carbamates (subject to hydrolysis) is 1. The zero-order valence-electron chi connectivity index (χ0n) is 64.6. The van der Waals surface area contributed by atoms with Gasteiger partial charge in [-0.05, 0) is 251 Å². The number of imide groups is 1. The summed E-state index contributed by atoms with van der Waals surface area (Å²) < 4.78 is 25.1. The fraction of sp³-hybridized carbons (Fsp3) is 0.622. The molecule has 10 rings (SSSR count). The maximum absolute atomic E-state index is 11.9. The number of ether oxygens (including phenoxy) is 5. The van der Waals surface area contributed by atoms with Crippen molar-refractivity contribution in [2.45, 2.75) is 190 Å². The Hall–Kier alpha value is -8.33. The molecular formula is C74H108ClN15O15S2. The minimum atomic E-state index is -0.512. The Kier molecular flexibility index (Phi) is 36.4. The van der Waals surface area contributed by atoms with E-state index in [2.05, 4.69) is 75.3 Å². The second-order valence-corrected chi connectivity index (χ2v) is 31.9. The molecule has 6 fully saturated rings. The van der Waals surface area contributed by atoms with Crippen LogP contribution >= 0.6 is 35.1 Å². The largest absolute Gasteiger partial charge is 0.464 e. The monoisotopic (exact) mass is 1550 g/mol. The number of ketones is 1. The third-order valence-electron chi connectivity index (χ3n) is 16.7. The molecule has 10 heterocycles. The number of carbonyl (C=O) groups is 10. The number of aromatic nitrogens is 8. The van der Waals surface area contributed by atoms with Crippen molar-refractivity contribution >= 4 is 117 Å². The number of anilines is 3. The topological polar surface area (TPSA) is 392 Å². The molecule has 0 unspecified atom stereocenters. The molecule has 3 amide bonds. The molecule has 0 saturated carbocycles. The van der Waals surface area contributed by atoms with E-state index in [1.165, 1.54) is 20.3 Å². The SMILES string of the molecule is CC(C)(C)OC(=O)NCC1CCNCC1.COC(=O)c1cc(C)nc(Cl)n1.COC(=O)c1cc(C)nc(N2CCC(CCC(=O)OC(C)(C)C)CC2)n1.Cc1cc(/C=C2\SC(=O)NC2=O)nc(N2CCC(CN)CC2)n1.Cc1cc(C=O)nc(N2CCC(CCC(=O)OC(C)(C)C)CC2)n1.O=C1CSC(=O)C1. The van der Waals surface area contributed by atoms with Gasteiger partial charge in [0.1, 0.15) is 22.5 Å². The van der Waals surface area contributed by atoms with Gasteiger partial charge in [0.25, 0.3) is 11.1 Å². The average molecular weight is 1550 g/mol. The molecular weight excluding hydrogens is 1440 g/mol. The Morgan fingerprint density at radius 1 is 0.579 bits per heavy atom. The van der Waals surface area contributed by atoms with Gasteiger partial charge in [-0.1, -0.05) is 11.8 Å². The number of methoxy groups -OCH3 is 2. The van der Waals surface area contributed by atoms with Gasteiger partial charge in [0.05, 0.1) is 37.0 Å². The number of aryl methyl sites for hydroxylation is 4. The number of rotatable bonds is 16. The average Bonchev–Trinajstić information content (AvgIpc) is 0.878. The number of halogens is 1. The molecule has 0 aromatic carbocycles. The van der Waals surface area contributed by atoms with E-state index in [1.54, 1.807) is 31.2 Å². The molecule has 30 nitrogen and oxygen atoms in total. The molecule has 0 spiro atoms. The maximum Gasteiger partial charge on any atom is 0.407 e. The highest BCUT2D eigenvalue weighted by molar-refractivity contribution is 8.18. The Morgan fingerprint density at radius 3 is 1.40 bits per heavy atom. The first-order valence-electron chi connectivity index (χ1n) is 36.1. The second kappa shape index (κ2) is 43.6. The summed E-state index contributed by atoms with van der Waals surface area (Å²) in [5, 5.41) is 8.08. The van der Waals surface area contributed by atoms with Crippen molar-refractivity contribution in [3.05, 3.63) is 80.0 Å².